The number of thiocarbonyl (C=S) groups is 1. The monoisotopic (exact) mass is 348 g/mol. The molecule has 6 nitrogen and oxygen atoms in total. The van der Waals surface area contributed by atoms with Crippen LogP contribution in [0.5, 0.6) is 0 Å². The minimum Gasteiger partial charge on any atom is -0.389 e. The van der Waals surface area contributed by atoms with E-state index in [9.17, 15) is 16.8 Å². The van der Waals surface area contributed by atoms with Crippen molar-refractivity contribution in [1.29, 1.82) is 0 Å². The van der Waals surface area contributed by atoms with Gasteiger partial charge in [0.2, 0.25) is 10.0 Å². The van der Waals surface area contributed by atoms with Crippen molar-refractivity contribution in [2.45, 2.75) is 5.75 Å². The smallest absolute Gasteiger partial charge is 0.218 e. The van der Waals surface area contributed by atoms with Crippen molar-refractivity contribution < 1.29 is 16.8 Å². The first kappa shape index (κ1) is 16.3. The molecule has 2 rings (SSSR count). The largest absolute Gasteiger partial charge is 0.389 e. The van der Waals surface area contributed by atoms with Crippen molar-refractivity contribution in [3.63, 3.8) is 0 Å². The Bertz CT molecular complexity index is 725. The molecule has 1 heterocycles. The van der Waals surface area contributed by atoms with E-state index in [2.05, 4.69) is 0 Å². The van der Waals surface area contributed by atoms with Gasteiger partial charge in [-0.15, -0.1) is 0 Å². The molecule has 1 saturated heterocycles. The van der Waals surface area contributed by atoms with Gasteiger partial charge in [0.15, 0.2) is 9.84 Å². The zero-order chi connectivity index (χ0) is 15.7. The average Bonchev–Trinajstić information content (AvgIpc) is 2.38. The number of hydrogen-bond acceptors (Lipinski definition) is 5. The summed E-state index contributed by atoms with van der Waals surface area (Å²) in [4.78, 5) is 0.255. The predicted molar refractivity (Wildman–Crippen MR) is 85.2 cm³/mol. The van der Waals surface area contributed by atoms with Crippen LogP contribution in [0.3, 0.4) is 0 Å². The highest BCUT2D eigenvalue weighted by Gasteiger charge is 2.29. The maximum absolute atomic E-state index is 12.3. The topological polar surface area (TPSA) is 97.5 Å². The van der Waals surface area contributed by atoms with Crippen molar-refractivity contribution in [2.75, 3.05) is 24.6 Å². The molecule has 0 spiro atoms. The lowest BCUT2D eigenvalue weighted by Crippen LogP contribution is -2.44. The maximum atomic E-state index is 12.3. The van der Waals surface area contributed by atoms with Crippen LogP contribution in [0.15, 0.2) is 24.3 Å². The van der Waals surface area contributed by atoms with Gasteiger partial charge in [-0.2, -0.15) is 4.31 Å². The molecule has 1 aromatic carbocycles. The maximum Gasteiger partial charge on any atom is 0.218 e. The lowest BCUT2D eigenvalue weighted by atomic mass is 10.1. The SMILES string of the molecule is NC(=S)c1ccc(CS(=O)(=O)N2CCS(=O)(=O)CC2)cc1. The highest BCUT2D eigenvalue weighted by molar-refractivity contribution is 7.92. The van der Waals surface area contributed by atoms with Gasteiger partial charge in [0.1, 0.15) is 4.99 Å². The summed E-state index contributed by atoms with van der Waals surface area (Å²) in [6, 6.07) is 6.67. The number of nitrogens with zero attached hydrogens (tertiary/aromatic N) is 1. The molecule has 9 heteroatoms. The molecule has 0 radical (unpaired) electrons. The quantitative estimate of drug-likeness (QED) is 0.762. The van der Waals surface area contributed by atoms with E-state index in [1.54, 1.807) is 24.3 Å². The van der Waals surface area contributed by atoms with E-state index in [1.807, 2.05) is 0 Å². The van der Waals surface area contributed by atoms with E-state index in [0.717, 1.165) is 0 Å². The first-order chi connectivity index (χ1) is 9.70. The van der Waals surface area contributed by atoms with E-state index in [-0.39, 0.29) is 35.3 Å². The molecule has 1 aliphatic rings. The Morgan fingerprint density at radius 1 is 1.19 bits per heavy atom. The van der Waals surface area contributed by atoms with Gasteiger partial charge in [-0.25, -0.2) is 16.8 Å². The highest BCUT2D eigenvalue weighted by Crippen LogP contribution is 2.15. The number of sulfonamides is 1. The fourth-order valence-electron chi connectivity index (χ4n) is 2.04. The summed E-state index contributed by atoms with van der Waals surface area (Å²) < 4.78 is 48.4. The highest BCUT2D eigenvalue weighted by atomic mass is 32.2. The lowest BCUT2D eigenvalue weighted by Gasteiger charge is -2.25. The second-order valence-corrected chi connectivity index (χ2v) is 9.58. The zero-order valence-electron chi connectivity index (χ0n) is 11.2. The molecule has 1 fully saturated rings. The fraction of sp³-hybridized carbons (Fsp3) is 0.417. The van der Waals surface area contributed by atoms with Crippen LogP contribution >= 0.6 is 12.2 Å². The molecular formula is C12H16N2O4S3. The Labute approximate surface area is 129 Å². The van der Waals surface area contributed by atoms with Gasteiger partial charge in [0.05, 0.1) is 17.3 Å². The molecule has 0 atom stereocenters. The van der Waals surface area contributed by atoms with Crippen LogP contribution in [0.4, 0.5) is 0 Å². The molecule has 21 heavy (non-hydrogen) atoms. The summed E-state index contributed by atoms with van der Waals surface area (Å²) in [5.41, 5.74) is 6.77. The summed E-state index contributed by atoms with van der Waals surface area (Å²) in [7, 11) is -6.61. The minimum absolute atomic E-state index is 0.0234. The van der Waals surface area contributed by atoms with Crippen molar-refractivity contribution in [2.24, 2.45) is 5.73 Å². The third-order valence-electron chi connectivity index (χ3n) is 3.28. The summed E-state index contributed by atoms with van der Waals surface area (Å²) >= 11 is 4.83. The summed E-state index contributed by atoms with van der Waals surface area (Å²) in [6.07, 6.45) is 0. The third kappa shape index (κ3) is 4.22. The number of benzene rings is 1. The predicted octanol–water partition coefficient (Wildman–Crippen LogP) is -0.119. The number of hydrogen-bond donors (Lipinski definition) is 1. The van der Waals surface area contributed by atoms with E-state index in [0.29, 0.717) is 11.1 Å². The molecule has 0 aromatic heterocycles. The molecule has 116 valence electrons. The van der Waals surface area contributed by atoms with Gasteiger partial charge >= 0.3 is 0 Å². The molecule has 2 N–H and O–H groups in total. The Balaban J connectivity index is 2.09. The van der Waals surface area contributed by atoms with Crippen LogP contribution < -0.4 is 5.73 Å². The Morgan fingerprint density at radius 3 is 2.19 bits per heavy atom. The van der Waals surface area contributed by atoms with Crippen molar-refractivity contribution in [3.05, 3.63) is 35.4 Å². The van der Waals surface area contributed by atoms with Gasteiger partial charge in [0.25, 0.3) is 0 Å². The van der Waals surface area contributed by atoms with Gasteiger partial charge in [0, 0.05) is 18.7 Å². The minimum atomic E-state index is -3.51. The molecule has 0 amide bonds. The molecule has 0 saturated carbocycles. The molecule has 0 bridgehead atoms. The van der Waals surface area contributed by atoms with E-state index in [4.69, 9.17) is 18.0 Å². The van der Waals surface area contributed by atoms with Crippen LogP contribution in [0.1, 0.15) is 11.1 Å². The second-order valence-electron chi connectivity index (χ2n) is 4.87. The van der Waals surface area contributed by atoms with E-state index < -0.39 is 19.9 Å². The standard InChI is InChI=1S/C12H16N2O4S3/c13-12(19)11-3-1-10(2-4-11)9-21(17,18)14-5-7-20(15,16)8-6-14/h1-4H,5-9H2,(H2,13,19). The van der Waals surface area contributed by atoms with Crippen molar-refractivity contribution in [1.82, 2.24) is 4.31 Å². The van der Waals surface area contributed by atoms with Gasteiger partial charge < -0.3 is 5.73 Å². The average molecular weight is 348 g/mol. The van der Waals surface area contributed by atoms with Crippen LogP contribution in [-0.4, -0.2) is 50.7 Å². The van der Waals surface area contributed by atoms with Crippen LogP contribution in [0.2, 0.25) is 0 Å². The van der Waals surface area contributed by atoms with Crippen LogP contribution in [0.25, 0.3) is 0 Å². The second kappa shape index (κ2) is 5.99. The normalized spacial score (nSPS) is 19.2. The fourth-order valence-corrected chi connectivity index (χ4v) is 5.14. The van der Waals surface area contributed by atoms with Gasteiger partial charge in [-0.1, -0.05) is 36.5 Å². The zero-order valence-corrected chi connectivity index (χ0v) is 13.7. The van der Waals surface area contributed by atoms with Crippen LogP contribution in [-0.2, 0) is 25.6 Å². The first-order valence-corrected chi connectivity index (χ1v) is 10.1. The van der Waals surface area contributed by atoms with E-state index in [1.165, 1.54) is 4.31 Å². The van der Waals surface area contributed by atoms with Gasteiger partial charge in [-0.05, 0) is 5.56 Å². The summed E-state index contributed by atoms with van der Waals surface area (Å²) in [6.45, 7) is 0.0469. The number of sulfone groups is 1. The Hall–Kier alpha value is -1.03. The summed E-state index contributed by atoms with van der Waals surface area (Å²) in [5, 5.41) is 0. The molecule has 1 aliphatic heterocycles. The third-order valence-corrected chi connectivity index (χ3v) is 6.98. The van der Waals surface area contributed by atoms with Crippen LogP contribution in [0, 0.1) is 0 Å². The molecular weight excluding hydrogens is 332 g/mol. The molecule has 0 aliphatic carbocycles. The Morgan fingerprint density at radius 2 is 1.71 bits per heavy atom. The first-order valence-electron chi connectivity index (χ1n) is 6.27. The lowest BCUT2D eigenvalue weighted by molar-refractivity contribution is 0.430. The van der Waals surface area contributed by atoms with Gasteiger partial charge in [-0.3, -0.25) is 0 Å². The Kier molecular flexibility index (Phi) is 4.66. The molecule has 0 unspecified atom stereocenters. The van der Waals surface area contributed by atoms with Crippen molar-refractivity contribution in [3.8, 4) is 0 Å². The number of nitrogens with two attached hydrogens (primary N) is 1. The van der Waals surface area contributed by atoms with Crippen molar-refractivity contribution >= 4 is 37.1 Å². The van der Waals surface area contributed by atoms with E-state index >= 15 is 0 Å². The molecule has 1 aromatic rings. The summed E-state index contributed by atoms with van der Waals surface area (Å²) in [5.74, 6) is -0.399. The number of rotatable bonds is 4.